The maximum absolute atomic E-state index is 11.6. The molecule has 0 fully saturated rings. The highest BCUT2D eigenvalue weighted by molar-refractivity contribution is 5.75. The Kier molecular flexibility index (Phi) is 6.52. The molecule has 4 nitrogen and oxygen atoms in total. The highest BCUT2D eigenvalue weighted by Gasteiger charge is 2.15. The third kappa shape index (κ3) is 8.39. The van der Waals surface area contributed by atoms with Crippen molar-refractivity contribution in [3.05, 3.63) is 0 Å². The Bertz CT molecular complexity index is 188. The van der Waals surface area contributed by atoms with E-state index >= 15 is 0 Å². The van der Waals surface area contributed by atoms with Crippen LogP contribution in [0.25, 0.3) is 0 Å². The van der Waals surface area contributed by atoms with E-state index in [1.807, 2.05) is 20.8 Å². The van der Waals surface area contributed by atoms with E-state index in [9.17, 15) is 4.79 Å². The third-order valence-electron chi connectivity index (χ3n) is 2.18. The first-order chi connectivity index (χ1) is 6.87. The molecule has 0 saturated carbocycles. The molecule has 0 atom stereocenters. The standard InChI is InChI=1S/C11H24N2O2/c1-5-15-9-8-13(4)10(14)6-7-11(2,3)12/h5-9,12H2,1-4H3. The molecule has 0 aliphatic carbocycles. The van der Waals surface area contributed by atoms with Crippen LogP contribution >= 0.6 is 0 Å². The second-order valence-electron chi connectivity index (χ2n) is 4.50. The predicted octanol–water partition coefficient (Wildman–Crippen LogP) is 0.999. The van der Waals surface area contributed by atoms with Crippen molar-refractivity contribution in [2.45, 2.75) is 39.2 Å². The van der Waals surface area contributed by atoms with Crippen LogP contribution in [0.1, 0.15) is 33.6 Å². The predicted molar refractivity (Wildman–Crippen MR) is 61.6 cm³/mol. The fraction of sp³-hybridized carbons (Fsp3) is 0.909. The van der Waals surface area contributed by atoms with E-state index in [1.165, 1.54) is 0 Å². The Morgan fingerprint density at radius 3 is 2.53 bits per heavy atom. The van der Waals surface area contributed by atoms with Gasteiger partial charge in [0.1, 0.15) is 0 Å². The average molecular weight is 216 g/mol. The van der Waals surface area contributed by atoms with Crippen molar-refractivity contribution in [1.82, 2.24) is 4.90 Å². The summed E-state index contributed by atoms with van der Waals surface area (Å²) in [6.07, 6.45) is 1.22. The molecule has 0 aromatic heterocycles. The molecule has 0 rings (SSSR count). The van der Waals surface area contributed by atoms with Gasteiger partial charge < -0.3 is 15.4 Å². The van der Waals surface area contributed by atoms with Gasteiger partial charge >= 0.3 is 0 Å². The van der Waals surface area contributed by atoms with Crippen molar-refractivity contribution in [1.29, 1.82) is 0 Å². The summed E-state index contributed by atoms with van der Waals surface area (Å²) in [6, 6.07) is 0. The molecule has 90 valence electrons. The summed E-state index contributed by atoms with van der Waals surface area (Å²) in [7, 11) is 1.80. The van der Waals surface area contributed by atoms with Gasteiger partial charge in [-0.15, -0.1) is 0 Å². The van der Waals surface area contributed by atoms with Crippen LogP contribution in [0.15, 0.2) is 0 Å². The largest absolute Gasteiger partial charge is 0.380 e. The molecule has 0 bridgehead atoms. The summed E-state index contributed by atoms with van der Waals surface area (Å²) in [5.41, 5.74) is 5.54. The van der Waals surface area contributed by atoms with Gasteiger partial charge in [0.05, 0.1) is 6.61 Å². The zero-order valence-electron chi connectivity index (χ0n) is 10.4. The summed E-state index contributed by atoms with van der Waals surface area (Å²) < 4.78 is 5.18. The van der Waals surface area contributed by atoms with E-state index in [4.69, 9.17) is 10.5 Å². The first kappa shape index (κ1) is 14.4. The van der Waals surface area contributed by atoms with Gasteiger partial charge in [-0.1, -0.05) is 0 Å². The average Bonchev–Trinajstić information content (AvgIpc) is 2.13. The lowest BCUT2D eigenvalue weighted by Crippen LogP contribution is -2.36. The molecule has 1 amide bonds. The zero-order valence-corrected chi connectivity index (χ0v) is 10.4. The van der Waals surface area contributed by atoms with Crippen molar-refractivity contribution in [3.8, 4) is 0 Å². The Balaban J connectivity index is 3.70. The number of carbonyl (C=O) groups excluding carboxylic acids is 1. The molecule has 0 aromatic carbocycles. The van der Waals surface area contributed by atoms with Gasteiger partial charge in [0.15, 0.2) is 0 Å². The van der Waals surface area contributed by atoms with E-state index < -0.39 is 0 Å². The monoisotopic (exact) mass is 216 g/mol. The number of hydrogen-bond donors (Lipinski definition) is 1. The number of rotatable bonds is 7. The number of nitrogens with zero attached hydrogens (tertiary/aromatic N) is 1. The number of likely N-dealkylation sites (N-methyl/N-ethyl adjacent to an activating group) is 1. The van der Waals surface area contributed by atoms with Crippen molar-refractivity contribution in [2.24, 2.45) is 5.73 Å². The van der Waals surface area contributed by atoms with Gasteiger partial charge in [0, 0.05) is 32.2 Å². The molecule has 0 aromatic rings. The number of ether oxygens (including phenoxy) is 1. The van der Waals surface area contributed by atoms with E-state index in [2.05, 4.69) is 0 Å². The molecule has 0 heterocycles. The molecule has 0 radical (unpaired) electrons. The number of carbonyl (C=O) groups is 1. The van der Waals surface area contributed by atoms with Gasteiger partial charge in [-0.2, -0.15) is 0 Å². The van der Waals surface area contributed by atoms with Crippen LogP contribution in [0, 0.1) is 0 Å². The molecular formula is C11H24N2O2. The molecule has 15 heavy (non-hydrogen) atoms. The maximum atomic E-state index is 11.6. The third-order valence-corrected chi connectivity index (χ3v) is 2.18. The molecular weight excluding hydrogens is 192 g/mol. The van der Waals surface area contributed by atoms with Crippen LogP contribution in [0.5, 0.6) is 0 Å². The molecule has 0 spiro atoms. The Morgan fingerprint density at radius 2 is 2.07 bits per heavy atom. The van der Waals surface area contributed by atoms with E-state index in [0.717, 1.165) is 0 Å². The second kappa shape index (κ2) is 6.80. The van der Waals surface area contributed by atoms with E-state index in [0.29, 0.717) is 32.6 Å². The van der Waals surface area contributed by atoms with Crippen LogP contribution < -0.4 is 5.73 Å². The lowest BCUT2D eigenvalue weighted by molar-refractivity contribution is -0.130. The highest BCUT2D eigenvalue weighted by Crippen LogP contribution is 2.08. The zero-order chi connectivity index (χ0) is 11.9. The molecule has 2 N–H and O–H groups in total. The van der Waals surface area contributed by atoms with Crippen molar-refractivity contribution < 1.29 is 9.53 Å². The summed E-state index contributed by atoms with van der Waals surface area (Å²) >= 11 is 0. The van der Waals surface area contributed by atoms with Crippen LogP contribution in [-0.2, 0) is 9.53 Å². The summed E-state index contributed by atoms with van der Waals surface area (Å²) in [5.74, 6) is 0.133. The molecule has 0 aliphatic heterocycles. The molecule has 0 unspecified atom stereocenters. The summed E-state index contributed by atoms with van der Waals surface area (Å²) in [4.78, 5) is 13.3. The normalized spacial score (nSPS) is 11.5. The van der Waals surface area contributed by atoms with Crippen molar-refractivity contribution >= 4 is 5.91 Å². The van der Waals surface area contributed by atoms with Crippen molar-refractivity contribution in [3.63, 3.8) is 0 Å². The summed E-state index contributed by atoms with van der Waals surface area (Å²) in [5, 5.41) is 0. The summed E-state index contributed by atoms with van der Waals surface area (Å²) in [6.45, 7) is 7.75. The lowest BCUT2D eigenvalue weighted by Gasteiger charge is -2.21. The van der Waals surface area contributed by atoms with Crippen LogP contribution in [0.4, 0.5) is 0 Å². The quantitative estimate of drug-likeness (QED) is 0.646. The maximum Gasteiger partial charge on any atom is 0.222 e. The van der Waals surface area contributed by atoms with Crippen molar-refractivity contribution in [2.75, 3.05) is 26.8 Å². The van der Waals surface area contributed by atoms with Gasteiger partial charge in [0.25, 0.3) is 0 Å². The van der Waals surface area contributed by atoms with Gasteiger partial charge in [-0.3, -0.25) is 4.79 Å². The minimum Gasteiger partial charge on any atom is -0.380 e. The van der Waals surface area contributed by atoms with Gasteiger partial charge in [-0.25, -0.2) is 0 Å². The SMILES string of the molecule is CCOCCN(C)C(=O)CCC(C)(C)N. The molecule has 4 heteroatoms. The second-order valence-corrected chi connectivity index (χ2v) is 4.50. The molecule has 0 saturated heterocycles. The minimum atomic E-state index is -0.267. The first-order valence-corrected chi connectivity index (χ1v) is 5.47. The van der Waals surface area contributed by atoms with Gasteiger partial charge in [0.2, 0.25) is 5.91 Å². The minimum absolute atomic E-state index is 0.133. The highest BCUT2D eigenvalue weighted by atomic mass is 16.5. The fourth-order valence-electron chi connectivity index (χ4n) is 1.09. The lowest BCUT2D eigenvalue weighted by atomic mass is 10.00. The Hall–Kier alpha value is -0.610. The van der Waals surface area contributed by atoms with Crippen LogP contribution in [-0.4, -0.2) is 43.2 Å². The van der Waals surface area contributed by atoms with E-state index in [-0.39, 0.29) is 11.4 Å². The number of hydrogen-bond acceptors (Lipinski definition) is 3. The Morgan fingerprint density at radius 1 is 1.47 bits per heavy atom. The number of nitrogens with two attached hydrogens (primary N) is 1. The van der Waals surface area contributed by atoms with Crippen LogP contribution in [0.3, 0.4) is 0 Å². The first-order valence-electron chi connectivity index (χ1n) is 5.47. The van der Waals surface area contributed by atoms with Gasteiger partial charge in [-0.05, 0) is 27.2 Å². The smallest absolute Gasteiger partial charge is 0.222 e. The van der Waals surface area contributed by atoms with E-state index in [1.54, 1.807) is 11.9 Å². The Labute approximate surface area is 92.8 Å². The van der Waals surface area contributed by atoms with Crippen LogP contribution in [0.2, 0.25) is 0 Å². The fourth-order valence-corrected chi connectivity index (χ4v) is 1.09. The number of amides is 1. The topological polar surface area (TPSA) is 55.6 Å². The molecule has 0 aliphatic rings.